The van der Waals surface area contributed by atoms with Crippen molar-refractivity contribution in [2.45, 2.75) is 6.61 Å². The molecule has 0 aliphatic carbocycles. The maximum atomic E-state index is 12.9. The van der Waals surface area contributed by atoms with Crippen LogP contribution in [0.3, 0.4) is 0 Å². The largest absolute Gasteiger partial charge is 0.459 e. The highest BCUT2D eigenvalue weighted by Gasteiger charge is 2.08. The zero-order valence-corrected chi connectivity index (χ0v) is 10.2. The minimum atomic E-state index is -0.608. The van der Waals surface area contributed by atoms with Crippen molar-refractivity contribution in [3.8, 4) is 6.01 Å². The topological polar surface area (TPSA) is 78.2 Å². The van der Waals surface area contributed by atoms with Gasteiger partial charge in [-0.05, 0) is 17.7 Å². The van der Waals surface area contributed by atoms with E-state index in [1.807, 2.05) is 0 Å². The maximum Gasteiger partial charge on any atom is 0.317 e. The molecule has 0 bridgehead atoms. The molecule has 0 amide bonds. The quantitative estimate of drug-likeness (QED) is 0.637. The summed E-state index contributed by atoms with van der Waals surface area (Å²) < 4.78 is 18.1. The van der Waals surface area contributed by atoms with Gasteiger partial charge in [-0.2, -0.15) is 9.97 Å². The smallest absolute Gasteiger partial charge is 0.317 e. The van der Waals surface area contributed by atoms with E-state index in [0.717, 1.165) is 12.4 Å². The zero-order valence-electron chi connectivity index (χ0n) is 9.42. The zero-order chi connectivity index (χ0) is 13.8. The predicted molar refractivity (Wildman–Crippen MR) is 64.4 cm³/mol. The molecule has 0 radical (unpaired) electrons. The van der Waals surface area contributed by atoms with Crippen LogP contribution in [0.25, 0.3) is 0 Å². The van der Waals surface area contributed by atoms with E-state index in [1.165, 1.54) is 18.2 Å². The lowest BCUT2D eigenvalue weighted by atomic mass is 10.2. The van der Waals surface area contributed by atoms with Crippen molar-refractivity contribution in [3.63, 3.8) is 0 Å². The summed E-state index contributed by atoms with van der Waals surface area (Å²) in [4.78, 5) is 17.1. The van der Waals surface area contributed by atoms with E-state index in [2.05, 4.69) is 9.97 Å². The Morgan fingerprint density at radius 1 is 1.37 bits per heavy atom. The lowest BCUT2D eigenvalue weighted by Crippen LogP contribution is -2.00. The summed E-state index contributed by atoms with van der Waals surface area (Å²) in [6, 6.07) is 4.14. The molecule has 2 aromatic rings. The van der Waals surface area contributed by atoms with Crippen LogP contribution in [-0.4, -0.2) is 14.9 Å². The first-order valence-corrected chi connectivity index (χ1v) is 5.47. The lowest BCUT2D eigenvalue weighted by Gasteiger charge is -2.04. The van der Waals surface area contributed by atoms with E-state index in [0.29, 0.717) is 5.56 Å². The van der Waals surface area contributed by atoms with Crippen molar-refractivity contribution >= 4 is 17.3 Å². The van der Waals surface area contributed by atoms with E-state index in [1.54, 1.807) is 0 Å². The molecule has 2 rings (SSSR count). The highest BCUT2D eigenvalue weighted by molar-refractivity contribution is 6.30. The van der Waals surface area contributed by atoms with Gasteiger partial charge in [0.1, 0.15) is 24.8 Å². The number of hydrogen-bond donors (Lipinski definition) is 0. The second kappa shape index (κ2) is 5.57. The van der Waals surface area contributed by atoms with E-state index in [9.17, 15) is 14.5 Å². The van der Waals surface area contributed by atoms with Gasteiger partial charge in [0.2, 0.25) is 0 Å². The van der Waals surface area contributed by atoms with E-state index in [4.69, 9.17) is 16.3 Å². The Balaban J connectivity index is 2.01. The Kier molecular flexibility index (Phi) is 3.86. The number of hydrogen-bond acceptors (Lipinski definition) is 5. The molecule has 0 unspecified atom stereocenters. The molecule has 0 fully saturated rings. The Labute approximate surface area is 112 Å². The highest BCUT2D eigenvalue weighted by Crippen LogP contribution is 2.17. The van der Waals surface area contributed by atoms with Gasteiger partial charge in [0.05, 0.1) is 9.95 Å². The molecule has 19 heavy (non-hydrogen) atoms. The van der Waals surface area contributed by atoms with Crippen LogP contribution >= 0.6 is 11.6 Å². The third kappa shape index (κ3) is 3.35. The molecular weight excluding hydrogens is 277 g/mol. The summed E-state index contributed by atoms with van der Waals surface area (Å²) in [6.45, 7) is 0.0812. The number of halogens is 2. The molecule has 0 atom stereocenters. The fourth-order valence-electron chi connectivity index (χ4n) is 1.26. The van der Waals surface area contributed by atoms with Gasteiger partial charge in [-0.25, -0.2) is 4.39 Å². The molecule has 0 aliphatic rings. The molecule has 0 N–H and O–H groups in total. The van der Waals surface area contributed by atoms with Gasteiger partial charge in [0.15, 0.2) is 0 Å². The predicted octanol–water partition coefficient (Wildman–Crippen LogP) is 2.76. The van der Waals surface area contributed by atoms with Crippen LogP contribution in [0.4, 0.5) is 10.1 Å². The second-order valence-corrected chi connectivity index (χ2v) is 3.93. The van der Waals surface area contributed by atoms with Gasteiger partial charge in [-0.15, -0.1) is 0 Å². The van der Waals surface area contributed by atoms with Crippen LogP contribution in [0, 0.1) is 15.9 Å². The number of aromatic nitrogens is 2. The van der Waals surface area contributed by atoms with Crippen LogP contribution in [0.1, 0.15) is 5.56 Å². The summed E-state index contributed by atoms with van der Waals surface area (Å²) in [6.07, 6.45) is 2.08. The minimum absolute atomic E-state index is 0.00829. The third-order valence-electron chi connectivity index (χ3n) is 2.18. The van der Waals surface area contributed by atoms with Crippen molar-refractivity contribution in [3.05, 3.63) is 57.1 Å². The van der Waals surface area contributed by atoms with E-state index >= 15 is 0 Å². The lowest BCUT2D eigenvalue weighted by molar-refractivity contribution is -0.385. The summed E-state index contributed by atoms with van der Waals surface area (Å²) >= 11 is 5.61. The van der Waals surface area contributed by atoms with Crippen molar-refractivity contribution in [1.29, 1.82) is 0 Å². The highest BCUT2D eigenvalue weighted by atomic mass is 35.5. The fraction of sp³-hybridized carbons (Fsp3) is 0.0909. The number of ether oxygens (including phenoxy) is 1. The van der Waals surface area contributed by atoms with Crippen LogP contribution in [0.5, 0.6) is 6.01 Å². The summed E-state index contributed by atoms with van der Waals surface area (Å²) in [5.41, 5.74) is 0.408. The average Bonchev–Trinajstić information content (AvgIpc) is 2.40. The second-order valence-electron chi connectivity index (χ2n) is 3.52. The molecule has 8 heteroatoms. The molecule has 1 aromatic carbocycles. The van der Waals surface area contributed by atoms with Gasteiger partial charge in [0, 0.05) is 0 Å². The van der Waals surface area contributed by atoms with Gasteiger partial charge >= 0.3 is 11.7 Å². The molecule has 1 aromatic heterocycles. The third-order valence-corrected chi connectivity index (χ3v) is 2.47. The first-order valence-electron chi connectivity index (χ1n) is 5.09. The molecule has 1 heterocycles. The molecule has 0 saturated heterocycles. The standard InChI is InChI=1S/C11H7ClFN3O3/c12-9-3-7(1-2-10(9)13)6-19-11-14-4-8(5-15-11)16(17)18/h1-5H,6H2. The minimum Gasteiger partial charge on any atom is -0.459 e. The number of nitro groups is 1. The number of benzene rings is 1. The monoisotopic (exact) mass is 283 g/mol. The average molecular weight is 284 g/mol. The molecule has 0 spiro atoms. The Morgan fingerprint density at radius 2 is 2.05 bits per heavy atom. The Bertz CT molecular complexity index is 607. The number of rotatable bonds is 4. The Hall–Kier alpha value is -2.28. The first kappa shape index (κ1) is 13.2. The normalized spacial score (nSPS) is 10.2. The molecule has 0 aliphatic heterocycles. The first-order chi connectivity index (χ1) is 9.06. The summed E-state index contributed by atoms with van der Waals surface area (Å²) in [5, 5.41) is 10.4. The van der Waals surface area contributed by atoms with Gasteiger partial charge in [-0.3, -0.25) is 10.1 Å². The van der Waals surface area contributed by atoms with Crippen LogP contribution in [0.15, 0.2) is 30.6 Å². The molecule has 0 saturated carbocycles. The summed E-state index contributed by atoms with van der Waals surface area (Å²) in [5.74, 6) is -0.517. The van der Waals surface area contributed by atoms with Crippen molar-refractivity contribution in [2.75, 3.05) is 0 Å². The molecule has 6 nitrogen and oxygen atoms in total. The van der Waals surface area contributed by atoms with E-state index < -0.39 is 10.7 Å². The van der Waals surface area contributed by atoms with Crippen LogP contribution in [0.2, 0.25) is 5.02 Å². The van der Waals surface area contributed by atoms with Crippen LogP contribution in [-0.2, 0) is 6.61 Å². The van der Waals surface area contributed by atoms with Crippen molar-refractivity contribution < 1.29 is 14.1 Å². The number of nitrogens with zero attached hydrogens (tertiary/aromatic N) is 3. The fourth-order valence-corrected chi connectivity index (χ4v) is 1.46. The SMILES string of the molecule is O=[N+]([O-])c1cnc(OCc2ccc(F)c(Cl)c2)nc1. The van der Waals surface area contributed by atoms with E-state index in [-0.39, 0.29) is 23.3 Å². The van der Waals surface area contributed by atoms with Gasteiger partial charge in [0.25, 0.3) is 0 Å². The van der Waals surface area contributed by atoms with Gasteiger partial charge in [-0.1, -0.05) is 17.7 Å². The molecule has 98 valence electrons. The van der Waals surface area contributed by atoms with Gasteiger partial charge < -0.3 is 4.74 Å². The molecular formula is C11H7ClFN3O3. The van der Waals surface area contributed by atoms with Crippen molar-refractivity contribution in [1.82, 2.24) is 9.97 Å². The summed E-state index contributed by atoms with van der Waals surface area (Å²) in [7, 11) is 0. The Morgan fingerprint density at radius 3 is 2.63 bits per heavy atom. The maximum absolute atomic E-state index is 12.9. The van der Waals surface area contributed by atoms with Crippen molar-refractivity contribution in [2.24, 2.45) is 0 Å². The van der Waals surface area contributed by atoms with Crippen LogP contribution < -0.4 is 4.74 Å².